The van der Waals surface area contributed by atoms with Crippen molar-refractivity contribution in [3.05, 3.63) is 99.5 Å². The third-order valence-electron chi connectivity index (χ3n) is 5.72. The number of aryl methyl sites for hydroxylation is 1. The van der Waals surface area contributed by atoms with E-state index in [9.17, 15) is 13.2 Å². The van der Waals surface area contributed by atoms with Crippen LogP contribution in [0.25, 0.3) is 0 Å². The molecular weight excluding hydrogens is 479 g/mol. The van der Waals surface area contributed by atoms with Crippen molar-refractivity contribution in [3.63, 3.8) is 0 Å². The molecule has 1 atom stereocenters. The van der Waals surface area contributed by atoms with Gasteiger partial charge < -0.3 is 5.32 Å². The fourth-order valence-corrected chi connectivity index (χ4v) is 5.85. The standard InChI is InChI=1S/C25H24Cl2N2O3S/c26-20-11-13-22(14-12-20)33(31,32)29(16-18-5-3-8-21(27)15-18)17-25(30)28-24-10-4-7-19-6-1-2-9-23(19)24/h1-3,5-6,8-9,11-15,24H,4,7,10,16-17H2,(H,28,30)/t24-/m0/s1. The number of nitrogens with one attached hydrogen (secondary N) is 1. The van der Waals surface area contributed by atoms with Gasteiger partial charge in [-0.25, -0.2) is 8.42 Å². The summed E-state index contributed by atoms with van der Waals surface area (Å²) in [5.41, 5.74) is 3.01. The summed E-state index contributed by atoms with van der Waals surface area (Å²) in [7, 11) is -3.95. The Kier molecular flexibility index (Phi) is 7.39. The van der Waals surface area contributed by atoms with Gasteiger partial charge in [-0.05, 0) is 72.4 Å². The first kappa shape index (κ1) is 23.8. The van der Waals surface area contributed by atoms with Crippen molar-refractivity contribution in [1.29, 1.82) is 0 Å². The summed E-state index contributed by atoms with van der Waals surface area (Å²) >= 11 is 12.0. The van der Waals surface area contributed by atoms with Crippen LogP contribution in [0.5, 0.6) is 0 Å². The molecule has 0 fully saturated rings. The highest BCUT2D eigenvalue weighted by Gasteiger charge is 2.29. The van der Waals surface area contributed by atoms with Crippen molar-refractivity contribution in [3.8, 4) is 0 Å². The third-order valence-corrected chi connectivity index (χ3v) is 8.02. The Labute approximate surface area is 204 Å². The van der Waals surface area contributed by atoms with Gasteiger partial charge in [0.1, 0.15) is 0 Å². The molecule has 0 aromatic heterocycles. The molecule has 0 heterocycles. The largest absolute Gasteiger partial charge is 0.348 e. The zero-order valence-corrected chi connectivity index (χ0v) is 20.2. The van der Waals surface area contributed by atoms with Gasteiger partial charge in [-0.3, -0.25) is 4.79 Å². The van der Waals surface area contributed by atoms with Crippen LogP contribution in [0.1, 0.15) is 35.6 Å². The first-order valence-corrected chi connectivity index (χ1v) is 12.9. The number of hydrogen-bond donors (Lipinski definition) is 1. The van der Waals surface area contributed by atoms with Gasteiger partial charge in [-0.15, -0.1) is 0 Å². The van der Waals surface area contributed by atoms with Crippen molar-refractivity contribution < 1.29 is 13.2 Å². The Morgan fingerprint density at radius 2 is 1.73 bits per heavy atom. The maximum absolute atomic E-state index is 13.4. The fourth-order valence-electron chi connectivity index (χ4n) is 4.12. The highest BCUT2D eigenvalue weighted by Crippen LogP contribution is 2.29. The predicted octanol–water partition coefficient (Wildman–Crippen LogP) is 5.38. The number of amides is 1. The number of rotatable bonds is 7. The lowest BCUT2D eigenvalue weighted by atomic mass is 9.88. The van der Waals surface area contributed by atoms with E-state index in [4.69, 9.17) is 23.2 Å². The topological polar surface area (TPSA) is 66.5 Å². The maximum Gasteiger partial charge on any atom is 0.243 e. The molecule has 1 aliphatic carbocycles. The van der Waals surface area contributed by atoms with Crippen LogP contribution in [0.4, 0.5) is 0 Å². The summed E-state index contributed by atoms with van der Waals surface area (Å²) in [6.07, 6.45) is 2.77. The highest BCUT2D eigenvalue weighted by molar-refractivity contribution is 7.89. The van der Waals surface area contributed by atoms with Crippen LogP contribution in [0.2, 0.25) is 10.0 Å². The van der Waals surface area contributed by atoms with Crippen molar-refractivity contribution in [2.75, 3.05) is 6.54 Å². The molecule has 0 bridgehead atoms. The quantitative estimate of drug-likeness (QED) is 0.471. The minimum Gasteiger partial charge on any atom is -0.348 e. The second-order valence-corrected chi connectivity index (χ2v) is 10.9. The van der Waals surface area contributed by atoms with E-state index in [2.05, 4.69) is 11.4 Å². The van der Waals surface area contributed by atoms with E-state index in [1.165, 1.54) is 34.1 Å². The van der Waals surface area contributed by atoms with Crippen LogP contribution in [0, 0.1) is 0 Å². The number of hydrogen-bond acceptors (Lipinski definition) is 3. The average Bonchev–Trinajstić information content (AvgIpc) is 2.79. The third kappa shape index (κ3) is 5.76. The monoisotopic (exact) mass is 502 g/mol. The molecule has 1 N–H and O–H groups in total. The molecule has 4 rings (SSSR count). The van der Waals surface area contributed by atoms with Crippen LogP contribution in [-0.4, -0.2) is 25.2 Å². The van der Waals surface area contributed by atoms with Crippen LogP contribution in [0.15, 0.2) is 77.7 Å². The summed E-state index contributed by atoms with van der Waals surface area (Å²) in [5, 5.41) is 3.98. The molecular formula is C25H24Cl2N2O3S. The summed E-state index contributed by atoms with van der Waals surface area (Å²) in [4.78, 5) is 13.1. The number of halogens is 2. The van der Waals surface area contributed by atoms with Gasteiger partial charge in [-0.2, -0.15) is 4.31 Å². The Morgan fingerprint density at radius 3 is 2.48 bits per heavy atom. The van der Waals surface area contributed by atoms with E-state index in [-0.39, 0.29) is 29.9 Å². The number of carbonyl (C=O) groups is 1. The fraction of sp³-hybridized carbons (Fsp3) is 0.240. The van der Waals surface area contributed by atoms with Gasteiger partial charge >= 0.3 is 0 Å². The molecule has 0 aliphatic heterocycles. The van der Waals surface area contributed by atoms with Crippen molar-refractivity contribution >= 4 is 39.1 Å². The molecule has 1 amide bonds. The normalized spacial score (nSPS) is 15.8. The van der Waals surface area contributed by atoms with E-state index in [0.717, 1.165) is 24.8 Å². The molecule has 1 aliphatic rings. The minimum atomic E-state index is -3.95. The number of sulfonamides is 1. The zero-order chi connectivity index (χ0) is 23.4. The minimum absolute atomic E-state index is 0.0141. The molecule has 33 heavy (non-hydrogen) atoms. The first-order chi connectivity index (χ1) is 15.8. The first-order valence-electron chi connectivity index (χ1n) is 10.7. The summed E-state index contributed by atoms with van der Waals surface area (Å²) in [5.74, 6) is -0.351. The molecule has 0 saturated carbocycles. The Bertz CT molecular complexity index is 1250. The SMILES string of the molecule is O=C(CN(Cc1cccc(Cl)c1)S(=O)(=O)c1ccc(Cl)cc1)N[C@H]1CCCc2ccccc21. The van der Waals surface area contributed by atoms with E-state index < -0.39 is 10.0 Å². The van der Waals surface area contributed by atoms with Crippen molar-refractivity contribution in [2.24, 2.45) is 0 Å². The van der Waals surface area contributed by atoms with E-state index in [1.807, 2.05) is 18.2 Å². The van der Waals surface area contributed by atoms with Gasteiger partial charge in [0.15, 0.2) is 0 Å². The molecule has 8 heteroatoms. The second kappa shape index (κ2) is 10.3. The molecule has 172 valence electrons. The summed E-state index contributed by atoms with van der Waals surface area (Å²) < 4.78 is 28.0. The number of fused-ring (bicyclic) bond motifs is 1. The lowest BCUT2D eigenvalue weighted by Crippen LogP contribution is -2.42. The predicted molar refractivity (Wildman–Crippen MR) is 131 cm³/mol. The van der Waals surface area contributed by atoms with Gasteiger partial charge in [-0.1, -0.05) is 59.6 Å². The molecule has 0 radical (unpaired) electrons. The van der Waals surface area contributed by atoms with Crippen molar-refractivity contribution in [2.45, 2.75) is 36.7 Å². The maximum atomic E-state index is 13.4. The van der Waals surface area contributed by atoms with E-state index in [1.54, 1.807) is 24.3 Å². The molecule has 0 spiro atoms. The number of nitrogens with zero attached hydrogens (tertiary/aromatic N) is 1. The van der Waals surface area contributed by atoms with Crippen LogP contribution >= 0.6 is 23.2 Å². The second-order valence-electron chi connectivity index (χ2n) is 8.07. The van der Waals surface area contributed by atoms with Gasteiger partial charge in [0, 0.05) is 16.6 Å². The average molecular weight is 503 g/mol. The number of carbonyl (C=O) groups excluding carboxylic acids is 1. The Hall–Kier alpha value is -2.38. The van der Waals surface area contributed by atoms with E-state index >= 15 is 0 Å². The Morgan fingerprint density at radius 1 is 0.970 bits per heavy atom. The lowest BCUT2D eigenvalue weighted by molar-refractivity contribution is -0.122. The lowest BCUT2D eigenvalue weighted by Gasteiger charge is -2.28. The molecule has 5 nitrogen and oxygen atoms in total. The molecule has 0 unspecified atom stereocenters. The van der Waals surface area contributed by atoms with E-state index in [0.29, 0.717) is 15.6 Å². The van der Waals surface area contributed by atoms with Gasteiger partial charge in [0.05, 0.1) is 17.5 Å². The summed E-state index contributed by atoms with van der Waals surface area (Å²) in [6, 6.07) is 20.8. The van der Waals surface area contributed by atoms with Gasteiger partial charge in [0.25, 0.3) is 0 Å². The van der Waals surface area contributed by atoms with Crippen molar-refractivity contribution in [1.82, 2.24) is 9.62 Å². The van der Waals surface area contributed by atoms with Gasteiger partial charge in [0.2, 0.25) is 15.9 Å². The van der Waals surface area contributed by atoms with Crippen LogP contribution in [-0.2, 0) is 27.8 Å². The van der Waals surface area contributed by atoms with Crippen LogP contribution < -0.4 is 5.32 Å². The highest BCUT2D eigenvalue weighted by atomic mass is 35.5. The molecule has 3 aromatic rings. The summed E-state index contributed by atoms with van der Waals surface area (Å²) in [6.45, 7) is -0.295. The van der Waals surface area contributed by atoms with Crippen LogP contribution in [0.3, 0.4) is 0 Å². The zero-order valence-electron chi connectivity index (χ0n) is 17.9. The Balaban J connectivity index is 1.58. The number of benzene rings is 3. The molecule has 0 saturated heterocycles. The molecule has 3 aromatic carbocycles. The smallest absolute Gasteiger partial charge is 0.243 e.